The molecule has 1 rings (SSSR count). The minimum Gasteiger partial charge on any atom is -0.497 e. The van der Waals surface area contributed by atoms with Crippen molar-refractivity contribution in [3.05, 3.63) is 23.8 Å². The summed E-state index contributed by atoms with van der Waals surface area (Å²) in [5.41, 5.74) is 0.178. The molecule has 0 heterocycles. The molecular weight excluding hydrogens is 255 g/mol. The Morgan fingerprint density at radius 1 is 1.26 bits per heavy atom. The van der Waals surface area contributed by atoms with Crippen molar-refractivity contribution < 1.29 is 28.5 Å². The molecule has 0 saturated carbocycles. The van der Waals surface area contributed by atoms with Crippen LogP contribution in [0.3, 0.4) is 0 Å². The largest absolute Gasteiger partial charge is 0.497 e. The fourth-order valence-electron chi connectivity index (χ4n) is 1.52. The number of rotatable bonds is 6. The van der Waals surface area contributed by atoms with E-state index in [0.29, 0.717) is 11.5 Å². The van der Waals surface area contributed by atoms with Crippen LogP contribution >= 0.6 is 0 Å². The number of hydrogen-bond acceptors (Lipinski definition) is 5. The van der Waals surface area contributed by atoms with Gasteiger partial charge in [-0.2, -0.15) is 0 Å². The number of esters is 1. The SMILES string of the molecule is CCOC(=O)C(F)C(O)c1cc(OC)cc(OC)c1. The second-order valence-corrected chi connectivity index (χ2v) is 3.74. The van der Waals surface area contributed by atoms with E-state index < -0.39 is 18.2 Å². The van der Waals surface area contributed by atoms with Gasteiger partial charge in [-0.1, -0.05) is 0 Å². The van der Waals surface area contributed by atoms with Gasteiger partial charge in [-0.15, -0.1) is 0 Å². The molecule has 106 valence electrons. The molecule has 0 spiro atoms. The molecule has 0 aliphatic heterocycles. The molecule has 19 heavy (non-hydrogen) atoms. The first-order chi connectivity index (χ1) is 9.03. The summed E-state index contributed by atoms with van der Waals surface area (Å²) in [4.78, 5) is 11.2. The number of halogens is 1. The lowest BCUT2D eigenvalue weighted by molar-refractivity contribution is -0.153. The van der Waals surface area contributed by atoms with Gasteiger partial charge in [-0.3, -0.25) is 0 Å². The monoisotopic (exact) mass is 272 g/mol. The quantitative estimate of drug-likeness (QED) is 0.797. The number of aliphatic hydroxyl groups excluding tert-OH is 1. The van der Waals surface area contributed by atoms with Crippen LogP contribution in [0.5, 0.6) is 11.5 Å². The molecule has 2 atom stereocenters. The zero-order chi connectivity index (χ0) is 14.4. The van der Waals surface area contributed by atoms with Crippen molar-refractivity contribution in [1.29, 1.82) is 0 Å². The van der Waals surface area contributed by atoms with E-state index in [1.807, 2.05) is 0 Å². The van der Waals surface area contributed by atoms with Gasteiger partial charge in [0.25, 0.3) is 0 Å². The predicted molar refractivity (Wildman–Crippen MR) is 66.0 cm³/mol. The first kappa shape index (κ1) is 15.2. The zero-order valence-corrected chi connectivity index (χ0v) is 11.1. The molecule has 6 heteroatoms. The summed E-state index contributed by atoms with van der Waals surface area (Å²) in [6, 6.07) is 4.44. The Morgan fingerprint density at radius 3 is 2.21 bits per heavy atom. The van der Waals surface area contributed by atoms with E-state index in [1.165, 1.54) is 26.4 Å². The number of methoxy groups -OCH3 is 2. The topological polar surface area (TPSA) is 65.0 Å². The first-order valence-corrected chi connectivity index (χ1v) is 5.75. The van der Waals surface area contributed by atoms with E-state index in [2.05, 4.69) is 4.74 Å². The van der Waals surface area contributed by atoms with E-state index in [1.54, 1.807) is 13.0 Å². The molecule has 0 aliphatic carbocycles. The van der Waals surface area contributed by atoms with E-state index in [9.17, 15) is 14.3 Å². The lowest BCUT2D eigenvalue weighted by Gasteiger charge is -2.16. The zero-order valence-electron chi connectivity index (χ0n) is 11.1. The maximum atomic E-state index is 13.7. The molecule has 0 aliphatic rings. The molecule has 0 fully saturated rings. The maximum absolute atomic E-state index is 13.7. The molecular formula is C13H17FO5. The Kier molecular flexibility index (Phi) is 5.57. The van der Waals surface area contributed by atoms with Crippen LogP contribution in [0.1, 0.15) is 18.6 Å². The molecule has 0 bridgehead atoms. The summed E-state index contributed by atoms with van der Waals surface area (Å²) >= 11 is 0. The van der Waals surface area contributed by atoms with Crippen LogP contribution in [0, 0.1) is 0 Å². The average molecular weight is 272 g/mol. The van der Waals surface area contributed by atoms with Crippen molar-refractivity contribution in [3.8, 4) is 11.5 Å². The van der Waals surface area contributed by atoms with Crippen LogP contribution in [0.2, 0.25) is 0 Å². The third kappa shape index (κ3) is 3.82. The van der Waals surface area contributed by atoms with Gasteiger partial charge >= 0.3 is 5.97 Å². The smallest absolute Gasteiger partial charge is 0.343 e. The van der Waals surface area contributed by atoms with Crippen LogP contribution in [0.25, 0.3) is 0 Å². The van der Waals surface area contributed by atoms with Crippen molar-refractivity contribution in [2.24, 2.45) is 0 Å². The highest BCUT2D eigenvalue weighted by molar-refractivity contribution is 5.75. The van der Waals surface area contributed by atoms with Crippen LogP contribution in [-0.4, -0.2) is 38.1 Å². The lowest BCUT2D eigenvalue weighted by atomic mass is 10.0. The number of carbonyl (C=O) groups excluding carboxylic acids is 1. The lowest BCUT2D eigenvalue weighted by Crippen LogP contribution is -2.26. The molecule has 0 aromatic heterocycles. The fraction of sp³-hybridized carbons (Fsp3) is 0.462. The number of ether oxygens (including phenoxy) is 3. The molecule has 1 aromatic carbocycles. The second kappa shape index (κ2) is 6.94. The van der Waals surface area contributed by atoms with Crippen molar-refractivity contribution in [3.63, 3.8) is 0 Å². The standard InChI is InChI=1S/C13H17FO5/c1-4-19-13(16)11(14)12(15)8-5-9(17-2)7-10(6-8)18-3/h5-7,11-12,15H,4H2,1-3H3. The molecule has 0 radical (unpaired) electrons. The van der Waals surface area contributed by atoms with E-state index in [4.69, 9.17) is 9.47 Å². The van der Waals surface area contributed by atoms with Crippen molar-refractivity contribution in [2.75, 3.05) is 20.8 Å². The highest BCUT2D eigenvalue weighted by Gasteiger charge is 2.29. The third-order valence-corrected chi connectivity index (χ3v) is 2.50. The predicted octanol–water partition coefficient (Wildman–Crippen LogP) is 1.64. The Balaban J connectivity index is 2.97. The average Bonchev–Trinajstić information content (AvgIpc) is 2.45. The van der Waals surface area contributed by atoms with Crippen LogP contribution in [0.15, 0.2) is 18.2 Å². The summed E-state index contributed by atoms with van der Waals surface area (Å²) in [6.45, 7) is 1.61. The normalized spacial score (nSPS) is 13.5. The first-order valence-electron chi connectivity index (χ1n) is 5.75. The van der Waals surface area contributed by atoms with Crippen molar-refractivity contribution >= 4 is 5.97 Å². The Morgan fingerprint density at radius 2 is 1.79 bits per heavy atom. The van der Waals surface area contributed by atoms with Crippen LogP contribution in [-0.2, 0) is 9.53 Å². The van der Waals surface area contributed by atoms with Gasteiger partial charge in [0.2, 0.25) is 6.17 Å². The van der Waals surface area contributed by atoms with Gasteiger partial charge in [0.05, 0.1) is 20.8 Å². The highest BCUT2D eigenvalue weighted by Crippen LogP contribution is 2.29. The highest BCUT2D eigenvalue weighted by atomic mass is 19.1. The summed E-state index contributed by atoms with van der Waals surface area (Å²) in [7, 11) is 2.87. The van der Waals surface area contributed by atoms with Gasteiger partial charge < -0.3 is 19.3 Å². The maximum Gasteiger partial charge on any atom is 0.343 e. The molecule has 2 unspecified atom stereocenters. The Hall–Kier alpha value is -1.82. The summed E-state index contributed by atoms with van der Waals surface area (Å²) in [5.74, 6) is -0.314. The van der Waals surface area contributed by atoms with Crippen LogP contribution in [0.4, 0.5) is 4.39 Å². The number of alkyl halides is 1. The molecule has 1 aromatic rings. The molecule has 0 saturated heterocycles. The van der Waals surface area contributed by atoms with E-state index >= 15 is 0 Å². The summed E-state index contributed by atoms with van der Waals surface area (Å²) in [6.07, 6.45) is -3.79. The van der Waals surface area contributed by atoms with Crippen LogP contribution < -0.4 is 9.47 Å². The van der Waals surface area contributed by atoms with Gasteiger partial charge in [-0.25, -0.2) is 9.18 Å². The molecule has 5 nitrogen and oxygen atoms in total. The summed E-state index contributed by atoms with van der Waals surface area (Å²) in [5, 5.41) is 9.84. The Bertz CT molecular complexity index is 413. The number of carbonyl (C=O) groups is 1. The fourth-order valence-corrected chi connectivity index (χ4v) is 1.52. The van der Waals surface area contributed by atoms with Gasteiger partial charge in [0, 0.05) is 6.07 Å². The number of benzene rings is 1. The van der Waals surface area contributed by atoms with Crippen molar-refractivity contribution in [1.82, 2.24) is 0 Å². The molecule has 0 amide bonds. The molecule has 1 N–H and O–H groups in total. The van der Waals surface area contributed by atoms with Gasteiger partial charge in [-0.05, 0) is 24.6 Å². The minimum atomic E-state index is -2.16. The van der Waals surface area contributed by atoms with Gasteiger partial charge in [0.15, 0.2) is 0 Å². The van der Waals surface area contributed by atoms with E-state index in [-0.39, 0.29) is 12.2 Å². The van der Waals surface area contributed by atoms with Crippen molar-refractivity contribution in [2.45, 2.75) is 19.2 Å². The number of hydrogen-bond donors (Lipinski definition) is 1. The van der Waals surface area contributed by atoms with E-state index in [0.717, 1.165) is 0 Å². The minimum absolute atomic E-state index is 0.0490. The number of aliphatic hydroxyl groups is 1. The van der Waals surface area contributed by atoms with Gasteiger partial charge in [0.1, 0.15) is 17.6 Å². The Labute approximate surface area is 110 Å². The summed E-state index contributed by atoms with van der Waals surface area (Å²) < 4.78 is 28.3. The second-order valence-electron chi connectivity index (χ2n) is 3.74. The third-order valence-electron chi connectivity index (χ3n) is 2.50.